The molecular formula is C29H31IN2O5S. The van der Waals surface area contributed by atoms with Gasteiger partial charge in [-0.05, 0) is 78.6 Å². The molecule has 1 aliphatic rings. The molecule has 7 nitrogen and oxygen atoms in total. The first kappa shape index (κ1) is 28.1. The van der Waals surface area contributed by atoms with Crippen molar-refractivity contribution in [3.8, 4) is 11.5 Å². The predicted octanol–water partition coefficient (Wildman–Crippen LogP) is 4.98. The first-order valence-corrected chi connectivity index (χ1v) is 14.5. The average molecular weight is 647 g/mol. The van der Waals surface area contributed by atoms with Crippen LogP contribution >= 0.6 is 33.9 Å². The number of hydrogen-bond acceptors (Lipinski definition) is 7. The minimum Gasteiger partial charge on any atom is -0.490 e. The zero-order chi connectivity index (χ0) is 27.4. The van der Waals surface area contributed by atoms with Crippen molar-refractivity contribution < 1.29 is 19.0 Å². The molecule has 4 rings (SSSR count). The van der Waals surface area contributed by atoms with Gasteiger partial charge in [-0.1, -0.05) is 55.5 Å². The first-order valence-electron chi connectivity index (χ1n) is 12.6. The standard InChI is InChI=1S/C29H31IN2O5S/c1-6-17(4)37-26-20(30)14-18(15-22(26)36-8-3)16-23-27(33)32-25(19-12-10-9-11-13-19)24(28(34)35-5)21(7-2)31-29(32)38-23/h9-17,25H,6-8H2,1-5H3/b23-16+/t17-,25+/m0/s1. The highest BCUT2D eigenvalue weighted by molar-refractivity contribution is 14.1. The second kappa shape index (κ2) is 12.3. The highest BCUT2D eigenvalue weighted by Gasteiger charge is 2.33. The molecule has 0 saturated heterocycles. The lowest BCUT2D eigenvalue weighted by atomic mass is 9.95. The van der Waals surface area contributed by atoms with Crippen LogP contribution in [0.1, 0.15) is 57.7 Å². The zero-order valence-electron chi connectivity index (χ0n) is 22.1. The van der Waals surface area contributed by atoms with Crippen LogP contribution in [-0.2, 0) is 9.53 Å². The minimum atomic E-state index is -0.623. The Labute approximate surface area is 239 Å². The lowest BCUT2D eigenvalue weighted by Gasteiger charge is -2.25. The third-order valence-corrected chi connectivity index (χ3v) is 8.07. The van der Waals surface area contributed by atoms with Gasteiger partial charge in [-0.3, -0.25) is 9.36 Å². The van der Waals surface area contributed by atoms with Crippen molar-refractivity contribution in [3.63, 3.8) is 0 Å². The molecule has 0 N–H and O–H groups in total. The van der Waals surface area contributed by atoms with E-state index >= 15 is 0 Å². The van der Waals surface area contributed by atoms with Gasteiger partial charge in [-0.25, -0.2) is 9.79 Å². The Bertz CT molecular complexity index is 1540. The van der Waals surface area contributed by atoms with Crippen LogP contribution in [-0.4, -0.2) is 30.4 Å². The SMILES string of the molecule is CCOc1cc(/C=c2/sc3n(c2=O)[C@H](c2ccccc2)C(C(=O)OC)=C(CC)N=3)cc(I)c1O[C@@H](C)CC. The fourth-order valence-corrected chi connectivity index (χ4v) is 6.07. The molecule has 3 aromatic rings. The Morgan fingerprint density at radius 2 is 1.95 bits per heavy atom. The van der Waals surface area contributed by atoms with Gasteiger partial charge in [0.1, 0.15) is 0 Å². The summed E-state index contributed by atoms with van der Waals surface area (Å²) in [6, 6.07) is 12.8. The smallest absolute Gasteiger partial charge is 0.338 e. The van der Waals surface area contributed by atoms with Crippen molar-refractivity contribution in [1.82, 2.24) is 4.57 Å². The van der Waals surface area contributed by atoms with E-state index in [1.165, 1.54) is 18.4 Å². The van der Waals surface area contributed by atoms with E-state index in [-0.39, 0.29) is 11.7 Å². The molecule has 9 heteroatoms. The van der Waals surface area contributed by atoms with Crippen LogP contribution in [0.25, 0.3) is 6.08 Å². The Morgan fingerprint density at radius 1 is 1.21 bits per heavy atom. The number of methoxy groups -OCH3 is 1. The van der Waals surface area contributed by atoms with Crippen LogP contribution in [0.15, 0.2) is 63.5 Å². The van der Waals surface area contributed by atoms with Crippen molar-refractivity contribution in [2.75, 3.05) is 13.7 Å². The van der Waals surface area contributed by atoms with Crippen molar-refractivity contribution >= 4 is 46.0 Å². The molecule has 0 fully saturated rings. The third-order valence-electron chi connectivity index (χ3n) is 6.29. The maximum absolute atomic E-state index is 13.8. The topological polar surface area (TPSA) is 79.1 Å². The number of rotatable bonds is 9. The van der Waals surface area contributed by atoms with Gasteiger partial charge in [0.15, 0.2) is 16.3 Å². The lowest BCUT2D eigenvalue weighted by molar-refractivity contribution is -0.136. The molecule has 0 aliphatic carbocycles. The van der Waals surface area contributed by atoms with Gasteiger partial charge in [-0.2, -0.15) is 0 Å². The Morgan fingerprint density at radius 3 is 2.58 bits per heavy atom. The summed E-state index contributed by atoms with van der Waals surface area (Å²) in [4.78, 5) is 32.0. The van der Waals surface area contributed by atoms with Crippen molar-refractivity contribution in [3.05, 3.63) is 88.1 Å². The fraction of sp³-hybridized carbons (Fsp3) is 0.345. The minimum absolute atomic E-state index is 0.0482. The molecule has 0 amide bonds. The molecule has 0 bridgehead atoms. The van der Waals surface area contributed by atoms with E-state index in [1.807, 2.05) is 69.3 Å². The van der Waals surface area contributed by atoms with E-state index in [0.29, 0.717) is 45.1 Å². The third kappa shape index (κ3) is 5.58. The second-order valence-corrected chi connectivity index (χ2v) is 11.0. The summed E-state index contributed by atoms with van der Waals surface area (Å²) in [6.45, 7) is 8.46. The van der Waals surface area contributed by atoms with Gasteiger partial charge in [-0.15, -0.1) is 0 Å². The van der Waals surface area contributed by atoms with Crippen LogP contribution in [0, 0.1) is 3.57 Å². The van der Waals surface area contributed by atoms with Crippen molar-refractivity contribution in [2.45, 2.75) is 52.7 Å². The lowest BCUT2D eigenvalue weighted by Crippen LogP contribution is -2.40. The molecular weight excluding hydrogens is 615 g/mol. The van der Waals surface area contributed by atoms with Crippen LogP contribution in [0.5, 0.6) is 11.5 Å². The molecule has 0 saturated carbocycles. The maximum Gasteiger partial charge on any atom is 0.338 e. The quantitative estimate of drug-likeness (QED) is 0.242. The van der Waals surface area contributed by atoms with Gasteiger partial charge in [0.2, 0.25) is 0 Å². The summed E-state index contributed by atoms with van der Waals surface area (Å²) in [5.74, 6) is 0.864. The molecule has 1 aliphatic heterocycles. The number of nitrogens with zero attached hydrogens (tertiary/aromatic N) is 2. The number of halogens is 1. The molecule has 38 heavy (non-hydrogen) atoms. The van der Waals surface area contributed by atoms with Gasteiger partial charge in [0.05, 0.1) is 45.2 Å². The van der Waals surface area contributed by atoms with E-state index < -0.39 is 12.0 Å². The number of benzene rings is 2. The molecule has 2 heterocycles. The van der Waals surface area contributed by atoms with Crippen molar-refractivity contribution in [1.29, 1.82) is 0 Å². The van der Waals surface area contributed by atoms with Gasteiger partial charge in [0.25, 0.3) is 5.56 Å². The number of carbonyl (C=O) groups is 1. The summed E-state index contributed by atoms with van der Waals surface area (Å²) in [5.41, 5.74) is 2.44. The Kier molecular flexibility index (Phi) is 9.09. The number of carbonyl (C=O) groups excluding carboxylic acids is 1. The van der Waals surface area contributed by atoms with Crippen molar-refractivity contribution in [2.24, 2.45) is 4.99 Å². The summed E-state index contributed by atoms with van der Waals surface area (Å²) in [6.07, 6.45) is 3.30. The normalized spacial score (nSPS) is 16.1. The largest absolute Gasteiger partial charge is 0.490 e. The van der Waals surface area contributed by atoms with E-state index in [9.17, 15) is 9.59 Å². The van der Waals surface area contributed by atoms with E-state index in [1.54, 1.807) is 4.57 Å². The number of hydrogen-bond donors (Lipinski definition) is 0. The summed E-state index contributed by atoms with van der Waals surface area (Å²) < 4.78 is 20.2. The fourth-order valence-electron chi connectivity index (χ4n) is 4.30. The second-order valence-electron chi connectivity index (χ2n) is 8.80. The summed E-state index contributed by atoms with van der Waals surface area (Å²) in [7, 11) is 1.35. The number of ether oxygens (including phenoxy) is 3. The molecule has 2 aromatic carbocycles. The highest BCUT2D eigenvalue weighted by atomic mass is 127. The van der Waals surface area contributed by atoms with E-state index in [0.717, 1.165) is 21.1 Å². The van der Waals surface area contributed by atoms with Crippen LogP contribution in [0.3, 0.4) is 0 Å². The number of allylic oxidation sites excluding steroid dienone is 1. The van der Waals surface area contributed by atoms with Crippen LogP contribution in [0.2, 0.25) is 0 Å². The molecule has 200 valence electrons. The predicted molar refractivity (Wildman–Crippen MR) is 158 cm³/mol. The summed E-state index contributed by atoms with van der Waals surface area (Å²) in [5, 5.41) is 0. The Balaban J connectivity index is 1.91. The Hall–Kier alpha value is -2.92. The molecule has 0 spiro atoms. The monoisotopic (exact) mass is 646 g/mol. The molecule has 2 atom stereocenters. The summed E-state index contributed by atoms with van der Waals surface area (Å²) >= 11 is 3.55. The first-order chi connectivity index (χ1) is 18.3. The number of aromatic nitrogens is 1. The van der Waals surface area contributed by atoms with Crippen LogP contribution in [0.4, 0.5) is 0 Å². The van der Waals surface area contributed by atoms with E-state index in [4.69, 9.17) is 19.2 Å². The number of esters is 1. The van der Waals surface area contributed by atoms with E-state index in [2.05, 4.69) is 29.5 Å². The number of thiazole rings is 1. The van der Waals surface area contributed by atoms with Gasteiger partial charge < -0.3 is 14.2 Å². The molecule has 0 radical (unpaired) electrons. The average Bonchev–Trinajstić information content (AvgIpc) is 3.23. The van der Waals surface area contributed by atoms with Crippen LogP contribution < -0.4 is 24.4 Å². The maximum atomic E-state index is 13.8. The number of fused-ring (bicyclic) bond motifs is 1. The molecule has 1 aromatic heterocycles. The van der Waals surface area contributed by atoms with Gasteiger partial charge in [0, 0.05) is 0 Å². The van der Waals surface area contributed by atoms with Gasteiger partial charge >= 0.3 is 5.97 Å². The molecule has 0 unspecified atom stereocenters. The highest BCUT2D eigenvalue weighted by Crippen LogP contribution is 2.36. The zero-order valence-corrected chi connectivity index (χ0v) is 25.1.